The maximum atomic E-state index is 12.6. The first-order chi connectivity index (χ1) is 10.9. The third kappa shape index (κ3) is 4.46. The van der Waals surface area contributed by atoms with E-state index in [-0.39, 0.29) is 24.1 Å². The van der Waals surface area contributed by atoms with Crippen molar-refractivity contribution in [3.05, 3.63) is 34.9 Å². The fourth-order valence-electron chi connectivity index (χ4n) is 2.88. The molecule has 7 heteroatoms. The van der Waals surface area contributed by atoms with Gasteiger partial charge < -0.3 is 5.32 Å². The SMILES string of the molecule is O=C(NC1CC1)[C@@H]1CCCN(S(=O)(=O)Cc2cccc(Cl)c2)C1. The predicted molar refractivity (Wildman–Crippen MR) is 89.5 cm³/mol. The van der Waals surface area contributed by atoms with Crippen molar-refractivity contribution in [1.82, 2.24) is 9.62 Å². The van der Waals surface area contributed by atoms with Gasteiger partial charge in [-0.2, -0.15) is 0 Å². The number of carbonyl (C=O) groups excluding carboxylic acids is 1. The summed E-state index contributed by atoms with van der Waals surface area (Å²) < 4.78 is 26.7. The van der Waals surface area contributed by atoms with Crippen molar-refractivity contribution in [2.24, 2.45) is 5.92 Å². The molecule has 1 aliphatic heterocycles. The molecule has 0 spiro atoms. The van der Waals surface area contributed by atoms with Crippen LogP contribution in [0.15, 0.2) is 24.3 Å². The molecule has 2 fully saturated rings. The number of amides is 1. The molecule has 5 nitrogen and oxygen atoms in total. The van der Waals surface area contributed by atoms with Crippen LogP contribution >= 0.6 is 11.6 Å². The third-order valence-corrected chi connectivity index (χ3v) is 6.36. The molecule has 0 aromatic heterocycles. The van der Waals surface area contributed by atoms with Gasteiger partial charge in [-0.1, -0.05) is 23.7 Å². The monoisotopic (exact) mass is 356 g/mol. The number of sulfonamides is 1. The average Bonchev–Trinajstić information content (AvgIpc) is 3.31. The van der Waals surface area contributed by atoms with Crippen molar-refractivity contribution in [3.63, 3.8) is 0 Å². The van der Waals surface area contributed by atoms with E-state index in [0.717, 1.165) is 25.7 Å². The molecule has 2 aliphatic rings. The highest BCUT2D eigenvalue weighted by atomic mass is 35.5. The van der Waals surface area contributed by atoms with Crippen molar-refractivity contribution in [1.29, 1.82) is 0 Å². The molecule has 3 rings (SSSR count). The Labute approximate surface area is 142 Å². The Balaban J connectivity index is 1.65. The lowest BCUT2D eigenvalue weighted by molar-refractivity contribution is -0.126. The van der Waals surface area contributed by atoms with Crippen LogP contribution in [0.5, 0.6) is 0 Å². The number of piperidine rings is 1. The minimum Gasteiger partial charge on any atom is -0.353 e. The van der Waals surface area contributed by atoms with Crippen LogP contribution in [-0.2, 0) is 20.6 Å². The van der Waals surface area contributed by atoms with E-state index >= 15 is 0 Å². The number of nitrogens with one attached hydrogen (secondary N) is 1. The summed E-state index contributed by atoms with van der Waals surface area (Å²) in [6, 6.07) is 7.19. The van der Waals surface area contributed by atoms with Gasteiger partial charge in [-0.15, -0.1) is 0 Å². The summed E-state index contributed by atoms with van der Waals surface area (Å²) in [7, 11) is -3.44. The number of nitrogens with zero attached hydrogens (tertiary/aromatic N) is 1. The lowest BCUT2D eigenvalue weighted by Gasteiger charge is -2.31. The van der Waals surface area contributed by atoms with Gasteiger partial charge >= 0.3 is 0 Å². The van der Waals surface area contributed by atoms with Crippen LogP contribution in [0.2, 0.25) is 5.02 Å². The van der Waals surface area contributed by atoms with Gasteiger partial charge in [-0.3, -0.25) is 4.79 Å². The first-order valence-corrected chi connectivity index (χ1v) is 9.95. The van der Waals surface area contributed by atoms with Gasteiger partial charge in [0.2, 0.25) is 15.9 Å². The average molecular weight is 357 g/mol. The molecule has 23 heavy (non-hydrogen) atoms. The summed E-state index contributed by atoms with van der Waals surface area (Å²) in [4.78, 5) is 12.2. The van der Waals surface area contributed by atoms with Crippen LogP contribution in [-0.4, -0.2) is 37.8 Å². The van der Waals surface area contributed by atoms with Gasteiger partial charge in [0, 0.05) is 24.2 Å². The topological polar surface area (TPSA) is 66.5 Å². The fraction of sp³-hybridized carbons (Fsp3) is 0.562. The Morgan fingerprint density at radius 3 is 2.78 bits per heavy atom. The Kier molecular flexibility index (Phi) is 4.94. The van der Waals surface area contributed by atoms with E-state index in [1.54, 1.807) is 24.3 Å². The maximum absolute atomic E-state index is 12.6. The molecular weight excluding hydrogens is 336 g/mol. The summed E-state index contributed by atoms with van der Waals surface area (Å²) in [5.41, 5.74) is 0.669. The molecule has 1 heterocycles. The minimum atomic E-state index is -3.44. The minimum absolute atomic E-state index is 0.00449. The van der Waals surface area contributed by atoms with Crippen molar-refractivity contribution in [2.45, 2.75) is 37.5 Å². The smallest absolute Gasteiger partial charge is 0.224 e. The third-order valence-electron chi connectivity index (χ3n) is 4.31. The van der Waals surface area contributed by atoms with Gasteiger partial charge in [0.25, 0.3) is 0 Å². The molecular formula is C16H21ClN2O3S. The Morgan fingerprint density at radius 1 is 1.30 bits per heavy atom. The number of benzene rings is 1. The van der Waals surface area contributed by atoms with Crippen LogP contribution in [0.4, 0.5) is 0 Å². The summed E-state index contributed by atoms with van der Waals surface area (Å²) in [6.45, 7) is 0.761. The first-order valence-electron chi connectivity index (χ1n) is 7.97. The highest BCUT2D eigenvalue weighted by Gasteiger charge is 2.34. The summed E-state index contributed by atoms with van der Waals surface area (Å²) >= 11 is 5.92. The number of carbonyl (C=O) groups is 1. The van der Waals surface area contributed by atoms with E-state index in [4.69, 9.17) is 11.6 Å². The molecule has 1 aromatic rings. The molecule has 1 atom stereocenters. The summed E-state index contributed by atoms with van der Waals surface area (Å²) in [5.74, 6) is -0.321. The van der Waals surface area contributed by atoms with Crippen LogP contribution in [0.25, 0.3) is 0 Å². The Bertz CT molecular complexity index is 688. The van der Waals surface area contributed by atoms with Crippen LogP contribution in [0, 0.1) is 5.92 Å². The molecule has 1 saturated carbocycles. The molecule has 0 radical (unpaired) electrons. The van der Waals surface area contributed by atoms with E-state index in [2.05, 4.69) is 5.32 Å². The van der Waals surface area contributed by atoms with Crippen LogP contribution in [0.3, 0.4) is 0 Å². The largest absolute Gasteiger partial charge is 0.353 e. The molecule has 0 unspecified atom stereocenters. The van der Waals surface area contributed by atoms with E-state index < -0.39 is 10.0 Å². The van der Waals surface area contributed by atoms with Gasteiger partial charge in [0.1, 0.15) is 0 Å². The number of hydrogen-bond donors (Lipinski definition) is 1. The highest BCUT2D eigenvalue weighted by Crippen LogP contribution is 2.24. The van der Waals surface area contributed by atoms with Crippen LogP contribution < -0.4 is 5.32 Å². The number of rotatable bonds is 5. The standard InChI is InChI=1S/C16H21ClN2O3S/c17-14-5-1-3-12(9-14)11-23(21,22)19-8-2-4-13(10-19)16(20)18-15-6-7-15/h1,3,5,9,13,15H,2,4,6-8,10-11H2,(H,18,20)/t13-/m1/s1. The number of hydrogen-bond acceptors (Lipinski definition) is 3. The van der Waals surface area contributed by atoms with Gasteiger partial charge in [0.15, 0.2) is 0 Å². The zero-order valence-corrected chi connectivity index (χ0v) is 14.4. The van der Waals surface area contributed by atoms with Gasteiger partial charge in [-0.25, -0.2) is 12.7 Å². The van der Waals surface area contributed by atoms with Gasteiger partial charge in [0.05, 0.1) is 11.7 Å². The molecule has 1 aliphatic carbocycles. The second-order valence-corrected chi connectivity index (χ2v) is 8.77. The predicted octanol–water partition coefficient (Wildman–Crippen LogP) is 2.16. The molecule has 1 amide bonds. The second kappa shape index (κ2) is 6.79. The zero-order chi connectivity index (χ0) is 16.4. The van der Waals surface area contributed by atoms with E-state index in [1.165, 1.54) is 4.31 Å². The zero-order valence-electron chi connectivity index (χ0n) is 12.9. The van der Waals surface area contributed by atoms with Crippen LogP contribution in [0.1, 0.15) is 31.2 Å². The first kappa shape index (κ1) is 16.7. The Hall–Kier alpha value is -1.11. The summed E-state index contributed by atoms with van der Waals surface area (Å²) in [5, 5.41) is 3.50. The summed E-state index contributed by atoms with van der Waals surface area (Å²) in [6.07, 6.45) is 3.55. The molecule has 1 aromatic carbocycles. The van der Waals surface area contributed by atoms with E-state index in [9.17, 15) is 13.2 Å². The lowest BCUT2D eigenvalue weighted by Crippen LogP contribution is -2.46. The van der Waals surface area contributed by atoms with E-state index in [0.29, 0.717) is 23.2 Å². The Morgan fingerprint density at radius 2 is 2.09 bits per heavy atom. The number of halogens is 1. The lowest BCUT2D eigenvalue weighted by atomic mass is 9.99. The van der Waals surface area contributed by atoms with Crippen molar-refractivity contribution < 1.29 is 13.2 Å². The second-order valence-electron chi connectivity index (χ2n) is 6.37. The van der Waals surface area contributed by atoms with Crippen molar-refractivity contribution in [2.75, 3.05) is 13.1 Å². The van der Waals surface area contributed by atoms with Crippen molar-refractivity contribution in [3.8, 4) is 0 Å². The quantitative estimate of drug-likeness (QED) is 0.879. The maximum Gasteiger partial charge on any atom is 0.224 e. The molecule has 126 valence electrons. The molecule has 0 bridgehead atoms. The molecule has 1 saturated heterocycles. The van der Waals surface area contributed by atoms with Gasteiger partial charge in [-0.05, 0) is 43.4 Å². The highest BCUT2D eigenvalue weighted by molar-refractivity contribution is 7.88. The normalized spacial score (nSPS) is 22.7. The van der Waals surface area contributed by atoms with E-state index in [1.807, 2.05) is 0 Å². The fourth-order valence-corrected chi connectivity index (χ4v) is 4.70. The molecule has 1 N–H and O–H groups in total. The van der Waals surface area contributed by atoms with Crippen molar-refractivity contribution >= 4 is 27.5 Å².